The first-order valence-electron chi connectivity index (χ1n) is 12.9. The number of sulfonamides is 1. The molecule has 5 aromatic rings. The third-order valence-corrected chi connectivity index (χ3v) is 8.26. The lowest BCUT2D eigenvalue weighted by molar-refractivity contribution is 0.399. The predicted octanol–water partition coefficient (Wildman–Crippen LogP) is 5.86. The lowest BCUT2D eigenvalue weighted by Crippen LogP contribution is -2.26. The van der Waals surface area contributed by atoms with E-state index in [4.69, 9.17) is 9.51 Å². The van der Waals surface area contributed by atoms with E-state index >= 15 is 0 Å². The van der Waals surface area contributed by atoms with Crippen molar-refractivity contribution in [2.75, 3.05) is 4.72 Å². The number of aryl methyl sites for hydroxylation is 2. The Morgan fingerprint density at radius 2 is 1.67 bits per heavy atom. The second-order valence-electron chi connectivity index (χ2n) is 9.55. The average Bonchev–Trinajstić information content (AvgIpc) is 3.25. The SMILES string of the molecule is CCCCc1nc2ccccc2c(=O)n1Cc1ccc(-c2ccccc2S(=O)(=O)Nc2noc(C)c2C)cc1. The van der Waals surface area contributed by atoms with Crippen LogP contribution in [-0.2, 0) is 23.0 Å². The second-order valence-corrected chi connectivity index (χ2v) is 11.2. The normalized spacial score (nSPS) is 11.7. The number of nitrogens with one attached hydrogen (secondary N) is 1. The lowest BCUT2D eigenvalue weighted by atomic mass is 10.0. The molecular weight excluding hydrogens is 512 g/mol. The molecule has 5 rings (SSSR count). The molecule has 0 fully saturated rings. The molecule has 2 heterocycles. The molecule has 0 spiro atoms. The van der Waals surface area contributed by atoms with E-state index in [-0.39, 0.29) is 16.3 Å². The van der Waals surface area contributed by atoms with Crippen LogP contribution in [0.1, 0.15) is 42.5 Å². The number of rotatable bonds is 9. The maximum atomic E-state index is 13.4. The van der Waals surface area contributed by atoms with Crippen molar-refractivity contribution in [3.05, 3.63) is 106 Å². The monoisotopic (exact) mass is 542 g/mol. The van der Waals surface area contributed by atoms with Gasteiger partial charge in [0.2, 0.25) is 0 Å². The number of fused-ring (bicyclic) bond motifs is 1. The van der Waals surface area contributed by atoms with Gasteiger partial charge in [-0.15, -0.1) is 0 Å². The molecule has 0 bridgehead atoms. The summed E-state index contributed by atoms with van der Waals surface area (Å²) in [7, 11) is -3.93. The highest BCUT2D eigenvalue weighted by molar-refractivity contribution is 7.92. The van der Waals surface area contributed by atoms with Crippen molar-refractivity contribution in [2.24, 2.45) is 0 Å². The Hall–Kier alpha value is -4.24. The van der Waals surface area contributed by atoms with Crippen molar-refractivity contribution in [2.45, 2.75) is 51.5 Å². The fourth-order valence-corrected chi connectivity index (χ4v) is 5.80. The van der Waals surface area contributed by atoms with Gasteiger partial charge in [-0.2, -0.15) is 0 Å². The van der Waals surface area contributed by atoms with Crippen molar-refractivity contribution in [1.29, 1.82) is 0 Å². The number of hydrogen-bond acceptors (Lipinski definition) is 6. The van der Waals surface area contributed by atoms with Gasteiger partial charge < -0.3 is 4.52 Å². The fourth-order valence-electron chi connectivity index (χ4n) is 4.51. The molecule has 0 saturated heterocycles. The number of aromatic nitrogens is 3. The molecule has 0 aliphatic rings. The van der Waals surface area contributed by atoms with E-state index in [1.165, 1.54) is 0 Å². The number of hydrogen-bond donors (Lipinski definition) is 1. The molecule has 1 N–H and O–H groups in total. The average molecular weight is 543 g/mol. The van der Waals surface area contributed by atoms with E-state index in [0.717, 1.165) is 36.2 Å². The van der Waals surface area contributed by atoms with Gasteiger partial charge in [-0.3, -0.25) is 14.1 Å². The Kier molecular flexibility index (Phi) is 7.34. The van der Waals surface area contributed by atoms with Crippen molar-refractivity contribution < 1.29 is 12.9 Å². The zero-order valence-corrected chi connectivity index (χ0v) is 23.0. The van der Waals surface area contributed by atoms with Gasteiger partial charge in [0.25, 0.3) is 15.6 Å². The van der Waals surface area contributed by atoms with Crippen LogP contribution in [0.2, 0.25) is 0 Å². The molecule has 0 aliphatic heterocycles. The standard InChI is InChI=1S/C30H30N4O4S/c1-4-5-14-28-31-26-12-8-6-11-25(26)30(35)34(28)19-22-15-17-23(18-16-22)24-10-7-9-13-27(24)39(36,37)33-29-20(2)21(3)38-32-29/h6-13,15-18H,4-5,14,19H2,1-3H3,(H,32,33). The minimum atomic E-state index is -3.93. The van der Waals surface area contributed by atoms with Gasteiger partial charge in [-0.05, 0) is 49.6 Å². The quantitative estimate of drug-likeness (QED) is 0.250. The lowest BCUT2D eigenvalue weighted by Gasteiger charge is -2.15. The van der Waals surface area contributed by atoms with Crippen LogP contribution in [-0.4, -0.2) is 23.1 Å². The van der Waals surface area contributed by atoms with Gasteiger partial charge in [-0.25, -0.2) is 13.4 Å². The van der Waals surface area contributed by atoms with Gasteiger partial charge in [-0.1, -0.05) is 73.1 Å². The predicted molar refractivity (Wildman–Crippen MR) is 152 cm³/mol. The number of benzene rings is 3. The van der Waals surface area contributed by atoms with Crippen LogP contribution < -0.4 is 10.3 Å². The molecule has 8 nitrogen and oxygen atoms in total. The van der Waals surface area contributed by atoms with Gasteiger partial charge in [0.15, 0.2) is 5.82 Å². The van der Waals surface area contributed by atoms with E-state index in [1.807, 2.05) is 42.5 Å². The highest BCUT2D eigenvalue weighted by atomic mass is 32.2. The molecule has 0 amide bonds. The highest BCUT2D eigenvalue weighted by Crippen LogP contribution is 2.30. The third-order valence-electron chi connectivity index (χ3n) is 6.87. The maximum absolute atomic E-state index is 13.4. The molecule has 0 aliphatic carbocycles. The van der Waals surface area contributed by atoms with Crippen molar-refractivity contribution in [1.82, 2.24) is 14.7 Å². The number of anilines is 1. The van der Waals surface area contributed by atoms with E-state index < -0.39 is 10.0 Å². The maximum Gasteiger partial charge on any atom is 0.263 e. The second kappa shape index (κ2) is 10.9. The summed E-state index contributed by atoms with van der Waals surface area (Å²) in [5, 5.41) is 4.43. The molecule has 9 heteroatoms. The summed E-state index contributed by atoms with van der Waals surface area (Å²) in [6.45, 7) is 5.97. The molecular formula is C30H30N4O4S. The van der Waals surface area contributed by atoms with E-state index in [0.29, 0.717) is 34.3 Å². The van der Waals surface area contributed by atoms with Crippen LogP contribution in [0.3, 0.4) is 0 Å². The number of unbranched alkanes of at least 4 members (excludes halogenated alkanes) is 1. The zero-order chi connectivity index (χ0) is 27.6. The van der Waals surface area contributed by atoms with Crippen molar-refractivity contribution in [3.8, 4) is 11.1 Å². The number of nitrogens with zero attached hydrogens (tertiary/aromatic N) is 3. The first-order valence-corrected chi connectivity index (χ1v) is 14.4. The summed E-state index contributed by atoms with van der Waals surface area (Å²) >= 11 is 0. The molecule has 0 radical (unpaired) electrons. The van der Waals surface area contributed by atoms with Gasteiger partial charge >= 0.3 is 0 Å². The Morgan fingerprint density at radius 1 is 0.949 bits per heavy atom. The van der Waals surface area contributed by atoms with Crippen LogP contribution in [0.4, 0.5) is 5.82 Å². The highest BCUT2D eigenvalue weighted by Gasteiger charge is 2.22. The Labute approximate surface area is 227 Å². The largest absolute Gasteiger partial charge is 0.359 e. The fraction of sp³-hybridized carbons (Fsp3) is 0.233. The summed E-state index contributed by atoms with van der Waals surface area (Å²) in [5.41, 5.74) is 3.50. The van der Waals surface area contributed by atoms with Crippen LogP contribution in [0.25, 0.3) is 22.0 Å². The van der Waals surface area contributed by atoms with Crippen LogP contribution in [0.15, 0.2) is 87.0 Å². The molecule has 0 unspecified atom stereocenters. The van der Waals surface area contributed by atoms with Crippen LogP contribution in [0, 0.1) is 13.8 Å². The summed E-state index contributed by atoms with van der Waals surface area (Å²) < 4.78 is 36.0. The van der Waals surface area contributed by atoms with Crippen LogP contribution in [0.5, 0.6) is 0 Å². The molecule has 3 aromatic carbocycles. The minimum absolute atomic E-state index is 0.0586. The smallest absolute Gasteiger partial charge is 0.263 e. The van der Waals surface area contributed by atoms with Gasteiger partial charge in [0, 0.05) is 17.5 Å². The molecule has 0 atom stereocenters. The van der Waals surface area contributed by atoms with Crippen molar-refractivity contribution >= 4 is 26.7 Å². The Balaban J connectivity index is 1.47. The Bertz CT molecular complexity index is 1810. The minimum Gasteiger partial charge on any atom is -0.359 e. The summed E-state index contributed by atoms with van der Waals surface area (Å²) in [5.74, 6) is 1.49. The van der Waals surface area contributed by atoms with Crippen molar-refractivity contribution in [3.63, 3.8) is 0 Å². The van der Waals surface area contributed by atoms with Crippen LogP contribution >= 0.6 is 0 Å². The summed E-state index contributed by atoms with van der Waals surface area (Å²) in [4.78, 5) is 18.3. The first kappa shape index (κ1) is 26.4. The summed E-state index contributed by atoms with van der Waals surface area (Å²) in [6, 6.07) is 21.8. The number of para-hydroxylation sites is 1. The topological polar surface area (TPSA) is 107 Å². The molecule has 200 valence electrons. The van der Waals surface area contributed by atoms with Gasteiger partial charge in [0.1, 0.15) is 11.6 Å². The van der Waals surface area contributed by atoms with E-state index in [9.17, 15) is 13.2 Å². The molecule has 2 aromatic heterocycles. The Morgan fingerprint density at radius 3 is 2.38 bits per heavy atom. The molecule has 39 heavy (non-hydrogen) atoms. The van der Waals surface area contributed by atoms with Gasteiger partial charge in [0.05, 0.1) is 22.3 Å². The zero-order valence-electron chi connectivity index (χ0n) is 22.1. The summed E-state index contributed by atoms with van der Waals surface area (Å²) in [6.07, 6.45) is 2.66. The third kappa shape index (κ3) is 5.35. The van der Waals surface area contributed by atoms with E-state index in [1.54, 1.807) is 48.7 Å². The first-order chi connectivity index (χ1) is 18.8. The molecule has 0 saturated carbocycles. The van der Waals surface area contributed by atoms with E-state index in [2.05, 4.69) is 16.8 Å².